The molecule has 0 radical (unpaired) electrons. The van der Waals surface area contributed by atoms with Gasteiger partial charge in [0.05, 0.1) is 11.3 Å². The quantitative estimate of drug-likeness (QED) is 0.620. The van der Waals surface area contributed by atoms with E-state index >= 15 is 0 Å². The van der Waals surface area contributed by atoms with E-state index in [1.54, 1.807) is 0 Å². The highest BCUT2D eigenvalue weighted by Crippen LogP contribution is 2.51. The molecule has 2 heteroatoms. The molecule has 1 aliphatic rings. The Morgan fingerprint density at radius 1 is 1.08 bits per heavy atom. The molecule has 0 saturated heterocycles. The third-order valence-corrected chi connectivity index (χ3v) is 5.61. The highest BCUT2D eigenvalue weighted by atomic mass is 14.9. The van der Waals surface area contributed by atoms with Crippen molar-refractivity contribution in [3.8, 4) is 22.4 Å². The molecule has 2 nitrogen and oxygen atoms in total. The van der Waals surface area contributed by atoms with E-state index in [0.29, 0.717) is 0 Å². The van der Waals surface area contributed by atoms with Crippen molar-refractivity contribution in [2.45, 2.75) is 39.5 Å². The van der Waals surface area contributed by atoms with E-state index < -0.39 is 0 Å². The van der Waals surface area contributed by atoms with Gasteiger partial charge in [0.1, 0.15) is 7.05 Å². The molecule has 0 atom stereocenters. The van der Waals surface area contributed by atoms with Gasteiger partial charge >= 0.3 is 0 Å². The number of benzene rings is 1. The fourth-order valence-electron chi connectivity index (χ4n) is 4.23. The number of hydrogen-bond donors (Lipinski definition) is 0. The smallest absolute Gasteiger partial charge is 0.213 e. The van der Waals surface area contributed by atoms with Gasteiger partial charge < -0.3 is 0 Å². The van der Waals surface area contributed by atoms with Crippen molar-refractivity contribution in [3.05, 3.63) is 71.2 Å². The summed E-state index contributed by atoms with van der Waals surface area (Å²) in [5.74, 6) is 0. The maximum Gasteiger partial charge on any atom is 0.213 e. The number of nitrogens with zero attached hydrogens (tertiary/aromatic N) is 2. The van der Waals surface area contributed by atoms with E-state index in [1.807, 2.05) is 12.3 Å². The average molecular weight is 329 g/mol. The largest absolute Gasteiger partial charge is 0.260 e. The second-order valence-corrected chi connectivity index (χ2v) is 7.59. The van der Waals surface area contributed by atoms with E-state index in [1.165, 1.54) is 44.8 Å². The number of hydrogen-bond acceptors (Lipinski definition) is 1. The van der Waals surface area contributed by atoms with Gasteiger partial charge in [-0.2, -0.15) is 0 Å². The van der Waals surface area contributed by atoms with Crippen LogP contribution >= 0.6 is 0 Å². The van der Waals surface area contributed by atoms with Crippen molar-refractivity contribution in [2.75, 3.05) is 0 Å². The summed E-state index contributed by atoms with van der Waals surface area (Å²) in [4.78, 5) is 4.74. The lowest BCUT2D eigenvalue weighted by Gasteiger charge is -2.23. The monoisotopic (exact) mass is 329 g/mol. The molecular formula is C23H25N2+. The Balaban J connectivity index is 2.09. The maximum atomic E-state index is 4.74. The van der Waals surface area contributed by atoms with Crippen LogP contribution < -0.4 is 4.57 Å². The predicted molar refractivity (Wildman–Crippen MR) is 103 cm³/mol. The second-order valence-electron chi connectivity index (χ2n) is 7.59. The lowest BCUT2D eigenvalue weighted by atomic mass is 9.80. The van der Waals surface area contributed by atoms with Crippen LogP contribution in [0.4, 0.5) is 0 Å². The summed E-state index contributed by atoms with van der Waals surface area (Å²) in [6.45, 7) is 9.04. The van der Waals surface area contributed by atoms with Crippen LogP contribution in [-0.2, 0) is 18.9 Å². The molecule has 3 aromatic rings. The number of fused-ring (bicyclic) bond motifs is 3. The first-order chi connectivity index (χ1) is 11.9. The van der Waals surface area contributed by atoms with E-state index in [0.717, 1.165) is 6.42 Å². The van der Waals surface area contributed by atoms with E-state index in [9.17, 15) is 0 Å². The Bertz CT molecular complexity index is 983. The Kier molecular flexibility index (Phi) is 3.54. The fourth-order valence-corrected chi connectivity index (χ4v) is 4.23. The van der Waals surface area contributed by atoms with Gasteiger partial charge in [0.15, 0.2) is 6.20 Å². The van der Waals surface area contributed by atoms with Crippen LogP contribution in [0.2, 0.25) is 0 Å². The molecule has 2 heterocycles. The molecule has 0 N–H and O–H groups in total. The first-order valence-electron chi connectivity index (χ1n) is 9.04. The minimum Gasteiger partial charge on any atom is -0.260 e. The fraction of sp³-hybridized carbons (Fsp3) is 0.304. The number of aromatic nitrogens is 2. The minimum absolute atomic E-state index is 0.0947. The zero-order chi connectivity index (χ0) is 17.8. The van der Waals surface area contributed by atoms with Gasteiger partial charge in [-0.3, -0.25) is 4.98 Å². The molecule has 1 aliphatic carbocycles. The molecule has 0 unspecified atom stereocenters. The van der Waals surface area contributed by atoms with Gasteiger partial charge in [-0.25, -0.2) is 4.57 Å². The Morgan fingerprint density at radius 2 is 1.88 bits per heavy atom. The Hall–Kier alpha value is -2.48. The molecule has 4 rings (SSSR count). The van der Waals surface area contributed by atoms with E-state index in [4.69, 9.17) is 4.98 Å². The normalized spacial score (nSPS) is 14.3. The summed E-state index contributed by atoms with van der Waals surface area (Å²) in [6.07, 6.45) is 5.14. The van der Waals surface area contributed by atoms with Gasteiger partial charge in [-0.1, -0.05) is 39.0 Å². The molecule has 2 aromatic heterocycles. The first-order valence-corrected chi connectivity index (χ1v) is 9.04. The van der Waals surface area contributed by atoms with Gasteiger partial charge in [0.2, 0.25) is 5.69 Å². The third kappa shape index (κ3) is 2.24. The van der Waals surface area contributed by atoms with Crippen LogP contribution in [0, 0.1) is 6.92 Å². The highest BCUT2D eigenvalue weighted by molar-refractivity contribution is 5.87. The van der Waals surface area contributed by atoms with Crippen molar-refractivity contribution in [2.24, 2.45) is 7.05 Å². The molecule has 0 saturated carbocycles. The number of pyridine rings is 2. The maximum absolute atomic E-state index is 4.74. The summed E-state index contributed by atoms with van der Waals surface area (Å²) in [6, 6.07) is 13.3. The molecular weight excluding hydrogens is 304 g/mol. The second kappa shape index (κ2) is 5.52. The highest BCUT2D eigenvalue weighted by Gasteiger charge is 2.40. The predicted octanol–water partition coefficient (Wildman–Crippen LogP) is 4.75. The summed E-state index contributed by atoms with van der Waals surface area (Å²) in [5.41, 5.74) is 10.4. The molecule has 0 spiro atoms. The van der Waals surface area contributed by atoms with Crippen molar-refractivity contribution in [3.63, 3.8) is 0 Å². The molecule has 1 aromatic carbocycles. The zero-order valence-corrected chi connectivity index (χ0v) is 15.7. The van der Waals surface area contributed by atoms with Gasteiger partial charge in [0.25, 0.3) is 0 Å². The molecule has 0 amide bonds. The number of rotatable bonds is 2. The summed E-state index contributed by atoms with van der Waals surface area (Å²) in [7, 11) is 2.14. The van der Waals surface area contributed by atoms with E-state index in [2.05, 4.69) is 75.8 Å². The molecule has 0 aliphatic heterocycles. The Labute approximate surface area is 150 Å². The van der Waals surface area contributed by atoms with Crippen molar-refractivity contribution in [1.82, 2.24) is 4.98 Å². The lowest BCUT2D eigenvalue weighted by Crippen LogP contribution is -2.32. The van der Waals surface area contributed by atoms with Crippen LogP contribution in [0.15, 0.2) is 48.8 Å². The summed E-state index contributed by atoms with van der Waals surface area (Å²) in [5, 5.41) is 0. The zero-order valence-electron chi connectivity index (χ0n) is 15.7. The molecule has 126 valence electrons. The van der Waals surface area contributed by atoms with Crippen LogP contribution in [0.5, 0.6) is 0 Å². The minimum atomic E-state index is -0.0947. The Morgan fingerprint density at radius 3 is 2.64 bits per heavy atom. The van der Waals surface area contributed by atoms with Crippen LogP contribution in [0.1, 0.15) is 43.2 Å². The summed E-state index contributed by atoms with van der Waals surface area (Å²) >= 11 is 0. The third-order valence-electron chi connectivity index (χ3n) is 5.61. The molecule has 25 heavy (non-hydrogen) atoms. The summed E-state index contributed by atoms with van der Waals surface area (Å²) < 4.78 is 2.24. The van der Waals surface area contributed by atoms with Crippen molar-refractivity contribution >= 4 is 0 Å². The standard InChI is InChI=1S/C23H25N2/c1-6-16-11-13-25(5)19(14-16)20-15(2)9-10-17-18-8-7-12-24-22(18)23(3,4)21(17)20/h7-14H,6H2,1-5H3/q+1. The van der Waals surface area contributed by atoms with Crippen LogP contribution in [-0.4, -0.2) is 4.98 Å². The number of aryl methyl sites for hydroxylation is 3. The van der Waals surface area contributed by atoms with Crippen LogP contribution in [0.25, 0.3) is 22.4 Å². The molecule has 0 bridgehead atoms. The van der Waals surface area contributed by atoms with Crippen molar-refractivity contribution < 1.29 is 4.57 Å². The lowest BCUT2D eigenvalue weighted by molar-refractivity contribution is -0.660. The first kappa shape index (κ1) is 16.0. The molecule has 0 fully saturated rings. The van der Waals surface area contributed by atoms with Gasteiger partial charge in [-0.05, 0) is 41.7 Å². The van der Waals surface area contributed by atoms with E-state index in [-0.39, 0.29) is 5.41 Å². The van der Waals surface area contributed by atoms with Gasteiger partial charge in [0, 0.05) is 29.3 Å². The van der Waals surface area contributed by atoms with Crippen molar-refractivity contribution in [1.29, 1.82) is 0 Å². The average Bonchev–Trinajstić information content (AvgIpc) is 2.84. The van der Waals surface area contributed by atoms with Crippen LogP contribution in [0.3, 0.4) is 0 Å². The SMILES string of the molecule is CCc1cc[n+](C)c(-c2c(C)ccc3c2C(C)(C)c2ncccc2-3)c1. The van der Waals surface area contributed by atoms with Gasteiger partial charge in [-0.15, -0.1) is 0 Å². The topological polar surface area (TPSA) is 16.8 Å².